The molecule has 2 fully saturated rings. The van der Waals surface area contributed by atoms with E-state index in [9.17, 15) is 4.79 Å². The van der Waals surface area contributed by atoms with Gasteiger partial charge < -0.3 is 14.4 Å². The molecule has 0 bridgehead atoms. The normalized spacial score (nSPS) is 19.5. The van der Waals surface area contributed by atoms with Gasteiger partial charge >= 0.3 is 0 Å². The predicted molar refractivity (Wildman–Crippen MR) is 96.9 cm³/mol. The van der Waals surface area contributed by atoms with Crippen molar-refractivity contribution in [2.45, 2.75) is 19.1 Å². The Labute approximate surface area is 155 Å². The van der Waals surface area contributed by atoms with E-state index in [-0.39, 0.29) is 12.2 Å². The lowest BCUT2D eigenvalue weighted by molar-refractivity contribution is -0.0956. The number of hydrogen-bond acceptors (Lipinski definition) is 5. The molecule has 4 rings (SSSR count). The Hall–Kier alpha value is -1.47. The van der Waals surface area contributed by atoms with Crippen LogP contribution < -0.4 is 0 Å². The van der Waals surface area contributed by atoms with Crippen LogP contribution in [-0.2, 0) is 9.47 Å². The second-order valence-corrected chi connectivity index (χ2v) is 7.58. The molecule has 2 aliphatic rings. The summed E-state index contributed by atoms with van der Waals surface area (Å²) in [5.41, 5.74) is 1.49. The quantitative estimate of drug-likeness (QED) is 0.817. The summed E-state index contributed by atoms with van der Waals surface area (Å²) in [6.45, 7) is 2.80. The monoisotopic (exact) mass is 378 g/mol. The van der Waals surface area contributed by atoms with Crippen molar-refractivity contribution >= 4 is 28.8 Å². The van der Waals surface area contributed by atoms with Crippen molar-refractivity contribution in [2.75, 3.05) is 26.3 Å². The van der Waals surface area contributed by atoms with E-state index in [0.29, 0.717) is 29.8 Å². The highest BCUT2D eigenvalue weighted by Gasteiger charge is 2.32. The summed E-state index contributed by atoms with van der Waals surface area (Å²) in [7, 11) is 0. The first-order valence-electron chi connectivity index (χ1n) is 8.44. The van der Waals surface area contributed by atoms with Gasteiger partial charge in [0.05, 0.1) is 13.2 Å². The molecule has 1 aromatic heterocycles. The maximum absolute atomic E-state index is 12.7. The van der Waals surface area contributed by atoms with Crippen LogP contribution in [0.15, 0.2) is 29.6 Å². The summed E-state index contributed by atoms with van der Waals surface area (Å²) in [6, 6.07) is 7.50. The number of nitrogens with zero attached hydrogens (tertiary/aromatic N) is 2. The Morgan fingerprint density at radius 1 is 1.16 bits per heavy atom. The molecule has 0 atom stereocenters. The lowest BCUT2D eigenvalue weighted by Crippen LogP contribution is -2.41. The van der Waals surface area contributed by atoms with E-state index in [4.69, 9.17) is 21.1 Å². The number of benzene rings is 1. The van der Waals surface area contributed by atoms with Crippen LogP contribution in [0.25, 0.3) is 10.6 Å². The third kappa shape index (κ3) is 3.72. The molecule has 0 N–H and O–H groups in total. The van der Waals surface area contributed by atoms with Crippen LogP contribution in [0.4, 0.5) is 0 Å². The third-order valence-corrected chi connectivity index (χ3v) is 5.82. The molecular formula is C18H19ClN2O3S. The summed E-state index contributed by atoms with van der Waals surface area (Å²) in [5, 5.41) is 3.36. The summed E-state index contributed by atoms with van der Waals surface area (Å²) in [6.07, 6.45) is 1.72. The fraction of sp³-hybridized carbons (Fsp3) is 0.444. The minimum Gasteiger partial charge on any atom is -0.350 e. The molecule has 2 aromatic rings. The number of likely N-dealkylation sites (tertiary alicyclic amines) is 1. The van der Waals surface area contributed by atoms with E-state index in [1.807, 2.05) is 34.5 Å². The number of rotatable bonds is 3. The molecule has 0 spiro atoms. The van der Waals surface area contributed by atoms with E-state index in [2.05, 4.69) is 4.98 Å². The fourth-order valence-electron chi connectivity index (χ4n) is 3.28. The van der Waals surface area contributed by atoms with Gasteiger partial charge in [-0.25, -0.2) is 4.98 Å². The van der Waals surface area contributed by atoms with Crippen LogP contribution in [0.1, 0.15) is 23.3 Å². The highest BCUT2D eigenvalue weighted by atomic mass is 35.5. The van der Waals surface area contributed by atoms with Gasteiger partial charge in [0, 0.05) is 35.0 Å². The van der Waals surface area contributed by atoms with Crippen LogP contribution >= 0.6 is 22.9 Å². The molecule has 3 heterocycles. The third-order valence-electron chi connectivity index (χ3n) is 4.67. The first kappa shape index (κ1) is 17.0. The zero-order valence-corrected chi connectivity index (χ0v) is 15.3. The van der Waals surface area contributed by atoms with Gasteiger partial charge in [0.25, 0.3) is 5.91 Å². The van der Waals surface area contributed by atoms with Crippen molar-refractivity contribution in [3.8, 4) is 10.6 Å². The Morgan fingerprint density at radius 3 is 2.52 bits per heavy atom. The molecule has 2 aliphatic heterocycles. The van der Waals surface area contributed by atoms with Crippen LogP contribution in [0.5, 0.6) is 0 Å². The zero-order valence-electron chi connectivity index (χ0n) is 13.7. The highest BCUT2D eigenvalue weighted by Crippen LogP contribution is 2.28. The molecule has 1 aromatic carbocycles. The number of amides is 1. The highest BCUT2D eigenvalue weighted by molar-refractivity contribution is 7.13. The van der Waals surface area contributed by atoms with Crippen LogP contribution in [0.3, 0.4) is 0 Å². The van der Waals surface area contributed by atoms with Gasteiger partial charge in [-0.15, -0.1) is 11.3 Å². The molecule has 0 saturated carbocycles. The number of thiazole rings is 1. The van der Waals surface area contributed by atoms with Crippen molar-refractivity contribution in [3.63, 3.8) is 0 Å². The first-order chi connectivity index (χ1) is 12.2. The van der Waals surface area contributed by atoms with Crippen molar-refractivity contribution < 1.29 is 14.3 Å². The van der Waals surface area contributed by atoms with Gasteiger partial charge in [-0.3, -0.25) is 4.79 Å². The van der Waals surface area contributed by atoms with E-state index in [1.165, 1.54) is 11.3 Å². The second-order valence-electron chi connectivity index (χ2n) is 6.28. The lowest BCUT2D eigenvalue weighted by atomic mass is 9.96. The van der Waals surface area contributed by atoms with Gasteiger partial charge in [0.15, 0.2) is 6.29 Å². The molecule has 1 amide bonds. The summed E-state index contributed by atoms with van der Waals surface area (Å²) < 4.78 is 11.2. The van der Waals surface area contributed by atoms with Gasteiger partial charge in [-0.1, -0.05) is 23.7 Å². The summed E-state index contributed by atoms with van der Waals surface area (Å²) >= 11 is 7.40. The molecule has 0 aliphatic carbocycles. The van der Waals surface area contributed by atoms with Gasteiger partial charge in [-0.2, -0.15) is 0 Å². The maximum atomic E-state index is 12.7. The molecule has 0 unspecified atom stereocenters. The van der Waals surface area contributed by atoms with E-state index >= 15 is 0 Å². The Morgan fingerprint density at radius 2 is 1.84 bits per heavy atom. The number of aromatic nitrogens is 1. The predicted octanol–water partition coefficient (Wildman–Crippen LogP) is 3.69. The largest absolute Gasteiger partial charge is 0.350 e. The SMILES string of the molecule is O=C(c1csc(-c2ccc(Cl)cc2)n1)N1CCC(C2OCCO2)CC1. The minimum atomic E-state index is -0.0898. The van der Waals surface area contributed by atoms with Crippen molar-refractivity contribution in [1.29, 1.82) is 0 Å². The van der Waals surface area contributed by atoms with E-state index < -0.39 is 0 Å². The summed E-state index contributed by atoms with van der Waals surface area (Å²) in [4.78, 5) is 19.1. The molecule has 7 heteroatoms. The number of halogens is 1. The molecule has 132 valence electrons. The van der Waals surface area contributed by atoms with E-state index in [1.54, 1.807) is 0 Å². The lowest BCUT2D eigenvalue weighted by Gasteiger charge is -2.33. The standard InChI is InChI=1S/C18H19ClN2O3S/c19-14-3-1-12(2-4-14)16-20-15(11-25-16)17(22)21-7-5-13(6-8-21)18-23-9-10-24-18/h1-4,11,13,18H,5-10H2. The average molecular weight is 379 g/mol. The number of piperidine rings is 1. The molecule has 5 nitrogen and oxygen atoms in total. The van der Waals surface area contributed by atoms with Gasteiger partial charge in [-0.05, 0) is 25.0 Å². The summed E-state index contributed by atoms with van der Waals surface area (Å²) in [5.74, 6) is 0.384. The van der Waals surface area contributed by atoms with Crippen molar-refractivity contribution in [1.82, 2.24) is 9.88 Å². The van der Waals surface area contributed by atoms with Crippen LogP contribution in [0, 0.1) is 5.92 Å². The van der Waals surface area contributed by atoms with Crippen LogP contribution in [0.2, 0.25) is 5.02 Å². The van der Waals surface area contributed by atoms with E-state index in [0.717, 1.165) is 36.5 Å². The van der Waals surface area contributed by atoms with Gasteiger partial charge in [0.1, 0.15) is 10.7 Å². The first-order valence-corrected chi connectivity index (χ1v) is 9.70. The smallest absolute Gasteiger partial charge is 0.273 e. The molecule has 25 heavy (non-hydrogen) atoms. The Balaban J connectivity index is 1.39. The van der Waals surface area contributed by atoms with Gasteiger partial charge in [0.2, 0.25) is 0 Å². The maximum Gasteiger partial charge on any atom is 0.273 e. The number of carbonyl (C=O) groups excluding carboxylic acids is 1. The van der Waals surface area contributed by atoms with Crippen molar-refractivity contribution in [3.05, 3.63) is 40.4 Å². The van der Waals surface area contributed by atoms with Crippen LogP contribution in [-0.4, -0.2) is 48.4 Å². The second kappa shape index (κ2) is 7.41. The molecule has 2 saturated heterocycles. The Kier molecular flexibility index (Phi) is 5.03. The number of ether oxygens (including phenoxy) is 2. The number of hydrogen-bond donors (Lipinski definition) is 0. The molecule has 0 radical (unpaired) electrons. The Bertz CT molecular complexity index is 735. The zero-order chi connectivity index (χ0) is 17.2. The minimum absolute atomic E-state index is 0.00294. The van der Waals surface area contributed by atoms with Crippen molar-refractivity contribution in [2.24, 2.45) is 5.92 Å². The fourth-order valence-corrected chi connectivity index (χ4v) is 4.21. The number of carbonyl (C=O) groups is 1. The average Bonchev–Trinajstić information content (AvgIpc) is 3.34. The topological polar surface area (TPSA) is 51.7 Å². The molecular weight excluding hydrogens is 360 g/mol.